The Morgan fingerprint density at radius 1 is 1.17 bits per heavy atom. The van der Waals surface area contributed by atoms with Gasteiger partial charge in [-0.3, -0.25) is 0 Å². The molecule has 0 atom stereocenters. The molecule has 0 fully saturated rings. The number of nitrogens with one attached hydrogen (secondary N) is 2. The Labute approximate surface area is 110 Å². The van der Waals surface area contributed by atoms with Gasteiger partial charge in [-0.05, 0) is 5.92 Å². The van der Waals surface area contributed by atoms with Crippen LogP contribution in [0, 0.1) is 5.92 Å². The second kappa shape index (κ2) is 7.16. The van der Waals surface area contributed by atoms with E-state index in [0.29, 0.717) is 11.7 Å². The van der Waals surface area contributed by atoms with Crippen LogP contribution in [0.25, 0.3) is 0 Å². The molecule has 0 radical (unpaired) electrons. The van der Waals surface area contributed by atoms with Crippen LogP contribution < -0.4 is 16.6 Å². The van der Waals surface area contributed by atoms with E-state index < -0.39 is 0 Å². The minimum Gasteiger partial charge on any atom is -0.370 e. The van der Waals surface area contributed by atoms with Gasteiger partial charge < -0.3 is 10.7 Å². The van der Waals surface area contributed by atoms with Gasteiger partial charge in [0.05, 0.1) is 0 Å². The zero-order valence-corrected chi connectivity index (χ0v) is 11.8. The van der Waals surface area contributed by atoms with Gasteiger partial charge in [0.25, 0.3) is 0 Å². The first kappa shape index (κ1) is 14.7. The van der Waals surface area contributed by atoms with Gasteiger partial charge >= 0.3 is 0 Å². The van der Waals surface area contributed by atoms with Crippen LogP contribution in [0.2, 0.25) is 0 Å². The van der Waals surface area contributed by atoms with Crippen molar-refractivity contribution in [1.82, 2.24) is 9.97 Å². The highest BCUT2D eigenvalue weighted by Crippen LogP contribution is 2.17. The monoisotopic (exact) mass is 251 g/mol. The van der Waals surface area contributed by atoms with Crippen molar-refractivity contribution in [3.05, 3.63) is 11.9 Å². The molecule has 102 valence electrons. The van der Waals surface area contributed by atoms with Crippen LogP contribution in [0.1, 0.15) is 52.3 Å². The summed E-state index contributed by atoms with van der Waals surface area (Å²) in [5.41, 5.74) is 2.59. The van der Waals surface area contributed by atoms with Crippen molar-refractivity contribution in [3.63, 3.8) is 0 Å². The van der Waals surface area contributed by atoms with E-state index in [1.165, 1.54) is 12.8 Å². The molecule has 1 aromatic rings. The van der Waals surface area contributed by atoms with E-state index in [1.807, 2.05) is 6.07 Å². The number of rotatable bonds is 7. The normalized spacial score (nSPS) is 11.1. The minimum atomic E-state index is 0.284. The summed E-state index contributed by atoms with van der Waals surface area (Å²) in [5.74, 6) is 8.69. The zero-order valence-electron chi connectivity index (χ0n) is 11.8. The fourth-order valence-corrected chi connectivity index (χ4v) is 1.71. The van der Waals surface area contributed by atoms with Crippen molar-refractivity contribution in [1.29, 1.82) is 0 Å². The number of nitrogens with zero attached hydrogens (tertiary/aromatic N) is 2. The summed E-state index contributed by atoms with van der Waals surface area (Å²) in [7, 11) is 0. The van der Waals surface area contributed by atoms with Crippen molar-refractivity contribution in [2.45, 2.75) is 46.5 Å². The topological polar surface area (TPSA) is 75.9 Å². The standard InChI is InChI=1S/C13H25N5/c1-5-10(6-2)8-15-11-7-12(18-14)17-13(16-11)9(3)4/h7,9-10H,5-6,8,14H2,1-4H3,(H2,15,16,17,18). The second-order valence-electron chi connectivity index (χ2n) is 4.86. The van der Waals surface area contributed by atoms with Crippen LogP contribution in [0.3, 0.4) is 0 Å². The molecule has 0 aliphatic rings. The number of hydrazine groups is 1. The van der Waals surface area contributed by atoms with E-state index in [0.717, 1.165) is 18.2 Å². The lowest BCUT2D eigenvalue weighted by Crippen LogP contribution is -2.16. The van der Waals surface area contributed by atoms with Gasteiger partial charge in [0.15, 0.2) is 0 Å². The number of nitrogen functional groups attached to an aromatic ring is 1. The molecule has 1 rings (SSSR count). The Hall–Kier alpha value is -1.36. The third-order valence-electron chi connectivity index (χ3n) is 3.13. The largest absolute Gasteiger partial charge is 0.370 e. The van der Waals surface area contributed by atoms with E-state index in [9.17, 15) is 0 Å². The quantitative estimate of drug-likeness (QED) is 0.513. The summed E-state index contributed by atoms with van der Waals surface area (Å²) < 4.78 is 0. The molecule has 0 amide bonds. The van der Waals surface area contributed by atoms with Crippen molar-refractivity contribution in [2.75, 3.05) is 17.3 Å². The number of hydrogen-bond acceptors (Lipinski definition) is 5. The highest BCUT2D eigenvalue weighted by molar-refractivity contribution is 5.47. The van der Waals surface area contributed by atoms with Crippen LogP contribution in [-0.4, -0.2) is 16.5 Å². The van der Waals surface area contributed by atoms with E-state index in [4.69, 9.17) is 5.84 Å². The third kappa shape index (κ3) is 4.14. The fourth-order valence-electron chi connectivity index (χ4n) is 1.71. The summed E-state index contributed by atoms with van der Waals surface area (Å²) in [6.45, 7) is 9.50. The smallest absolute Gasteiger partial charge is 0.145 e. The van der Waals surface area contributed by atoms with Crippen molar-refractivity contribution >= 4 is 11.6 Å². The molecule has 0 unspecified atom stereocenters. The van der Waals surface area contributed by atoms with Crippen molar-refractivity contribution in [3.8, 4) is 0 Å². The van der Waals surface area contributed by atoms with Gasteiger partial charge in [-0.15, -0.1) is 0 Å². The van der Waals surface area contributed by atoms with Crippen molar-refractivity contribution < 1.29 is 0 Å². The Balaban J connectivity index is 2.78. The number of hydrogen-bond donors (Lipinski definition) is 3. The number of anilines is 2. The summed E-state index contributed by atoms with van der Waals surface area (Å²) in [4.78, 5) is 8.84. The molecular formula is C13H25N5. The Bertz CT molecular complexity index is 360. The molecule has 0 saturated carbocycles. The zero-order chi connectivity index (χ0) is 13.5. The van der Waals surface area contributed by atoms with Crippen LogP contribution in [-0.2, 0) is 0 Å². The molecule has 0 saturated heterocycles. The molecule has 18 heavy (non-hydrogen) atoms. The third-order valence-corrected chi connectivity index (χ3v) is 3.13. The van der Waals surface area contributed by atoms with Gasteiger partial charge in [-0.2, -0.15) is 0 Å². The van der Waals surface area contributed by atoms with Crippen molar-refractivity contribution in [2.24, 2.45) is 11.8 Å². The molecule has 1 aromatic heterocycles. The molecule has 5 nitrogen and oxygen atoms in total. The number of aromatic nitrogens is 2. The lowest BCUT2D eigenvalue weighted by Gasteiger charge is -2.15. The van der Waals surface area contributed by atoms with Crippen LogP contribution >= 0.6 is 0 Å². The predicted molar refractivity (Wildman–Crippen MR) is 76.5 cm³/mol. The molecular weight excluding hydrogens is 226 g/mol. The SMILES string of the molecule is CCC(CC)CNc1cc(NN)nc(C(C)C)n1. The molecule has 0 aromatic carbocycles. The Morgan fingerprint density at radius 3 is 2.28 bits per heavy atom. The summed E-state index contributed by atoms with van der Waals surface area (Å²) in [5, 5.41) is 3.37. The van der Waals surface area contributed by atoms with Gasteiger partial charge in [0, 0.05) is 18.5 Å². The molecule has 0 spiro atoms. The molecule has 0 aliphatic carbocycles. The molecule has 1 heterocycles. The van der Waals surface area contributed by atoms with Gasteiger partial charge in [-0.1, -0.05) is 40.5 Å². The Morgan fingerprint density at radius 2 is 1.78 bits per heavy atom. The predicted octanol–water partition coefficient (Wildman–Crippen LogP) is 2.73. The maximum atomic E-state index is 5.43. The average Bonchev–Trinajstić information content (AvgIpc) is 2.39. The van der Waals surface area contributed by atoms with E-state index in [1.54, 1.807) is 0 Å². The first-order valence-electron chi connectivity index (χ1n) is 6.70. The highest BCUT2D eigenvalue weighted by Gasteiger charge is 2.09. The fraction of sp³-hybridized carbons (Fsp3) is 0.692. The second-order valence-corrected chi connectivity index (χ2v) is 4.86. The highest BCUT2D eigenvalue weighted by atomic mass is 15.3. The molecule has 4 N–H and O–H groups in total. The lowest BCUT2D eigenvalue weighted by molar-refractivity contribution is 0.518. The van der Waals surface area contributed by atoms with Gasteiger partial charge in [-0.25, -0.2) is 15.8 Å². The maximum absolute atomic E-state index is 5.43. The van der Waals surface area contributed by atoms with Gasteiger partial charge in [0.1, 0.15) is 17.5 Å². The first-order valence-corrected chi connectivity index (χ1v) is 6.70. The molecule has 5 heteroatoms. The van der Waals surface area contributed by atoms with Crippen LogP contribution in [0.5, 0.6) is 0 Å². The van der Waals surface area contributed by atoms with E-state index in [2.05, 4.69) is 48.4 Å². The Kier molecular flexibility index (Phi) is 5.85. The lowest BCUT2D eigenvalue weighted by atomic mass is 10.0. The summed E-state index contributed by atoms with van der Waals surface area (Å²) in [6.07, 6.45) is 2.35. The number of nitrogens with two attached hydrogens (primary N) is 1. The molecule has 0 aliphatic heterocycles. The van der Waals surface area contributed by atoms with Crippen LogP contribution in [0.4, 0.5) is 11.6 Å². The summed E-state index contributed by atoms with van der Waals surface area (Å²) >= 11 is 0. The van der Waals surface area contributed by atoms with Gasteiger partial charge in [0.2, 0.25) is 0 Å². The first-order chi connectivity index (χ1) is 8.60. The van der Waals surface area contributed by atoms with E-state index >= 15 is 0 Å². The van der Waals surface area contributed by atoms with Crippen LogP contribution in [0.15, 0.2) is 6.07 Å². The molecule has 0 bridgehead atoms. The maximum Gasteiger partial charge on any atom is 0.145 e. The van der Waals surface area contributed by atoms with E-state index in [-0.39, 0.29) is 5.92 Å². The summed E-state index contributed by atoms with van der Waals surface area (Å²) in [6, 6.07) is 1.84. The average molecular weight is 251 g/mol. The minimum absolute atomic E-state index is 0.284.